The summed E-state index contributed by atoms with van der Waals surface area (Å²) in [5.41, 5.74) is 4.35. The maximum absolute atomic E-state index is 3.94. The van der Waals surface area contributed by atoms with Gasteiger partial charge in [0, 0.05) is 10.8 Å². The van der Waals surface area contributed by atoms with Crippen LogP contribution in [0, 0.1) is 10.8 Å². The van der Waals surface area contributed by atoms with Gasteiger partial charge in [-0.05, 0) is 22.3 Å². The average Bonchev–Trinajstić information content (AvgIpc) is 3.04. The fourth-order valence-electron chi connectivity index (χ4n) is 3.67. The van der Waals surface area contributed by atoms with E-state index >= 15 is 0 Å². The molecule has 0 aliphatic heterocycles. The van der Waals surface area contributed by atoms with Gasteiger partial charge in [-0.2, -0.15) is 0 Å². The highest BCUT2D eigenvalue weighted by atomic mass is 14.4. The van der Waals surface area contributed by atoms with E-state index in [2.05, 4.69) is 118 Å². The summed E-state index contributed by atoms with van der Waals surface area (Å²) in [4.78, 5) is 0. The van der Waals surface area contributed by atoms with Crippen molar-refractivity contribution < 1.29 is 0 Å². The highest BCUT2D eigenvalue weighted by Crippen LogP contribution is 2.47. The second-order valence-corrected chi connectivity index (χ2v) is 7.63. The van der Waals surface area contributed by atoms with Gasteiger partial charge in [0.1, 0.15) is 0 Å². The lowest BCUT2D eigenvalue weighted by atomic mass is 9.64. The average molecular weight is 365 g/mol. The molecule has 2 aliphatic carbocycles. The van der Waals surface area contributed by atoms with Crippen molar-refractivity contribution in [3.05, 3.63) is 139 Å². The molecule has 2 unspecified atom stereocenters. The van der Waals surface area contributed by atoms with Crippen LogP contribution in [-0.4, -0.2) is 0 Å². The van der Waals surface area contributed by atoms with E-state index in [4.69, 9.17) is 0 Å². The molecule has 0 amide bonds. The van der Waals surface area contributed by atoms with Gasteiger partial charge in [-0.1, -0.05) is 136 Å². The van der Waals surface area contributed by atoms with Gasteiger partial charge in [0.2, 0.25) is 0 Å². The fraction of sp³-hybridized carbons (Fsp3) is 0.143. The van der Waals surface area contributed by atoms with Gasteiger partial charge in [-0.3, -0.25) is 0 Å². The molecule has 0 heteroatoms. The zero-order valence-corrected chi connectivity index (χ0v) is 16.8. The van der Waals surface area contributed by atoms with Crippen LogP contribution in [0.15, 0.2) is 134 Å². The minimum absolute atomic E-state index is 0.172. The van der Waals surface area contributed by atoms with Gasteiger partial charge in [0.05, 0.1) is 0 Å². The maximum atomic E-state index is 3.94. The monoisotopic (exact) mass is 364 g/mol. The Morgan fingerprint density at radius 3 is 2.32 bits per heavy atom. The van der Waals surface area contributed by atoms with Crippen molar-refractivity contribution in [3.63, 3.8) is 0 Å². The molecule has 0 nitrogen and oxygen atoms in total. The summed E-state index contributed by atoms with van der Waals surface area (Å²) in [6.07, 6.45) is 27.9. The Bertz CT molecular complexity index is 957. The molecule has 0 saturated carbocycles. The lowest BCUT2D eigenvalue weighted by Gasteiger charge is -2.39. The van der Waals surface area contributed by atoms with E-state index < -0.39 is 0 Å². The first-order valence-corrected chi connectivity index (χ1v) is 9.70. The van der Waals surface area contributed by atoms with Gasteiger partial charge >= 0.3 is 0 Å². The summed E-state index contributed by atoms with van der Waals surface area (Å²) in [5, 5.41) is 0. The summed E-state index contributed by atoms with van der Waals surface area (Å²) < 4.78 is 0. The predicted molar refractivity (Wildman–Crippen MR) is 124 cm³/mol. The van der Waals surface area contributed by atoms with E-state index in [1.807, 2.05) is 12.2 Å². The molecule has 0 bridgehead atoms. The third-order valence-electron chi connectivity index (χ3n) is 5.73. The molecule has 0 N–H and O–H groups in total. The quantitative estimate of drug-likeness (QED) is 0.473. The van der Waals surface area contributed by atoms with Crippen molar-refractivity contribution in [1.82, 2.24) is 0 Å². The van der Waals surface area contributed by atoms with Crippen LogP contribution >= 0.6 is 0 Å². The normalized spacial score (nSPS) is 26.9. The zero-order chi connectivity index (χ0) is 20.0. The van der Waals surface area contributed by atoms with Gasteiger partial charge in [-0.25, -0.2) is 0 Å². The van der Waals surface area contributed by atoms with E-state index in [1.165, 1.54) is 11.1 Å². The molecule has 1 aromatic rings. The summed E-state index contributed by atoms with van der Waals surface area (Å²) >= 11 is 0. The molecule has 0 aromatic heterocycles. The molecule has 0 fully saturated rings. The Labute approximate surface area is 169 Å². The van der Waals surface area contributed by atoms with Crippen LogP contribution in [0.2, 0.25) is 0 Å². The summed E-state index contributed by atoms with van der Waals surface area (Å²) in [6, 6.07) is 10.6. The summed E-state index contributed by atoms with van der Waals surface area (Å²) in [7, 11) is 0. The number of hydrogen-bond donors (Lipinski definition) is 0. The van der Waals surface area contributed by atoms with Crippen LogP contribution in [-0.2, 0) is 0 Å². The Morgan fingerprint density at radius 2 is 1.61 bits per heavy atom. The molecule has 28 heavy (non-hydrogen) atoms. The molecule has 2 aliphatic rings. The molecular formula is C28H28. The van der Waals surface area contributed by atoms with E-state index in [0.29, 0.717) is 0 Å². The lowest BCUT2D eigenvalue weighted by Crippen LogP contribution is -2.31. The number of allylic oxidation sites excluding steroid dienone is 16. The van der Waals surface area contributed by atoms with Crippen LogP contribution in [0.25, 0.3) is 5.57 Å². The minimum atomic E-state index is -0.172. The summed E-state index contributed by atoms with van der Waals surface area (Å²) in [6.45, 7) is 12.3. The number of hydrogen-bond acceptors (Lipinski definition) is 0. The standard InChI is InChI=1S/C28H28/c1-5-13-23(6-2)25-17-12-20-27(3,21-18-25)28(4)19-11-10-16-26(22-28)24-14-8-7-9-15-24/h5-22H,1-2H2,3-4H3/b23-13+. The lowest BCUT2D eigenvalue weighted by molar-refractivity contribution is 0.317. The van der Waals surface area contributed by atoms with Crippen molar-refractivity contribution in [2.24, 2.45) is 10.8 Å². The van der Waals surface area contributed by atoms with E-state index in [1.54, 1.807) is 6.08 Å². The van der Waals surface area contributed by atoms with Crippen LogP contribution in [0.5, 0.6) is 0 Å². The molecule has 140 valence electrons. The van der Waals surface area contributed by atoms with Crippen LogP contribution < -0.4 is 0 Å². The molecule has 2 atom stereocenters. The van der Waals surface area contributed by atoms with Gasteiger partial charge in [-0.15, -0.1) is 0 Å². The molecule has 3 rings (SSSR count). The molecule has 0 saturated heterocycles. The minimum Gasteiger partial charge on any atom is -0.0990 e. The van der Waals surface area contributed by atoms with Crippen molar-refractivity contribution in [3.8, 4) is 0 Å². The first-order chi connectivity index (χ1) is 13.5. The topological polar surface area (TPSA) is 0 Å². The highest BCUT2D eigenvalue weighted by molar-refractivity contribution is 5.76. The zero-order valence-electron chi connectivity index (χ0n) is 16.8. The van der Waals surface area contributed by atoms with Crippen LogP contribution in [0.4, 0.5) is 0 Å². The molecule has 0 radical (unpaired) electrons. The van der Waals surface area contributed by atoms with Gasteiger partial charge in [0.25, 0.3) is 0 Å². The van der Waals surface area contributed by atoms with Crippen molar-refractivity contribution in [1.29, 1.82) is 0 Å². The van der Waals surface area contributed by atoms with Crippen molar-refractivity contribution in [2.45, 2.75) is 13.8 Å². The molecule has 0 heterocycles. The van der Waals surface area contributed by atoms with Crippen molar-refractivity contribution in [2.75, 3.05) is 0 Å². The first-order valence-electron chi connectivity index (χ1n) is 9.70. The number of rotatable bonds is 5. The Kier molecular flexibility index (Phi) is 5.80. The van der Waals surface area contributed by atoms with Crippen LogP contribution in [0.1, 0.15) is 19.4 Å². The molecule has 0 spiro atoms. The van der Waals surface area contributed by atoms with E-state index in [0.717, 1.165) is 11.1 Å². The third-order valence-corrected chi connectivity index (χ3v) is 5.73. The highest BCUT2D eigenvalue weighted by Gasteiger charge is 2.38. The van der Waals surface area contributed by atoms with Crippen molar-refractivity contribution >= 4 is 5.57 Å². The Balaban J connectivity index is 2.03. The third kappa shape index (κ3) is 3.92. The smallest absolute Gasteiger partial charge is 0.0168 e. The molecule has 1 aromatic carbocycles. The maximum Gasteiger partial charge on any atom is 0.0168 e. The molecular weight excluding hydrogens is 336 g/mol. The largest absolute Gasteiger partial charge is 0.0990 e. The second kappa shape index (κ2) is 8.27. The number of benzene rings is 1. The van der Waals surface area contributed by atoms with Gasteiger partial charge in [0.15, 0.2) is 0 Å². The fourth-order valence-corrected chi connectivity index (χ4v) is 3.67. The van der Waals surface area contributed by atoms with Gasteiger partial charge < -0.3 is 0 Å². The van der Waals surface area contributed by atoms with E-state index in [9.17, 15) is 0 Å². The Morgan fingerprint density at radius 1 is 0.857 bits per heavy atom. The van der Waals surface area contributed by atoms with E-state index in [-0.39, 0.29) is 10.8 Å². The summed E-state index contributed by atoms with van der Waals surface area (Å²) in [5.74, 6) is 0. The Hall–Kier alpha value is -3.12. The van der Waals surface area contributed by atoms with Crippen LogP contribution in [0.3, 0.4) is 0 Å². The first kappa shape index (κ1) is 19.6. The second-order valence-electron chi connectivity index (χ2n) is 7.63. The predicted octanol–water partition coefficient (Wildman–Crippen LogP) is 7.56. The SMILES string of the molecule is C=C/C=C(\C=C)C1=CC=CC(C)(C2(C)C=CC=CC(c3ccccc3)=C2)C=C1.